The Balaban J connectivity index is 2.07. The van der Waals surface area contributed by atoms with Gasteiger partial charge in [0.2, 0.25) is 0 Å². The normalized spacial score (nSPS) is 13.3. The number of hydrogen-bond acceptors (Lipinski definition) is 4. The third kappa shape index (κ3) is 4.20. The van der Waals surface area contributed by atoms with Crippen LogP contribution in [0.25, 0.3) is 23.0 Å². The molecule has 1 heterocycles. The molecule has 148 valence electrons. The van der Waals surface area contributed by atoms with E-state index in [1.807, 2.05) is 18.2 Å². The Hall–Kier alpha value is -2.79. The number of aliphatic hydroxyl groups is 1. The molecule has 1 aromatic carbocycles. The Bertz CT molecular complexity index is 951. The largest absolute Gasteiger partial charge is 0.508 e. The fourth-order valence-corrected chi connectivity index (χ4v) is 3.70. The number of pyridine rings is 1. The monoisotopic (exact) mass is 380 g/mol. The van der Waals surface area contributed by atoms with Crippen molar-refractivity contribution in [2.75, 3.05) is 13.1 Å². The predicted molar refractivity (Wildman–Crippen MR) is 114 cm³/mol. The molecule has 0 atom stereocenters. The second kappa shape index (κ2) is 8.93. The molecule has 0 bridgehead atoms. The molecule has 0 radical (unpaired) electrons. The lowest BCUT2D eigenvalue weighted by atomic mass is 9.95. The van der Waals surface area contributed by atoms with Gasteiger partial charge in [-0.1, -0.05) is 32.1 Å². The summed E-state index contributed by atoms with van der Waals surface area (Å²) in [4.78, 5) is 17.4. The van der Waals surface area contributed by atoms with E-state index < -0.39 is 0 Å². The number of nitrogens with one attached hydrogen (secondary N) is 1. The first kappa shape index (κ1) is 20.0. The number of aromatic hydroxyl groups is 1. The van der Waals surface area contributed by atoms with Crippen molar-refractivity contribution in [3.05, 3.63) is 63.6 Å². The number of aromatic nitrogens is 1. The summed E-state index contributed by atoms with van der Waals surface area (Å²) in [6, 6.07) is 5.45. The maximum absolute atomic E-state index is 12.3. The van der Waals surface area contributed by atoms with E-state index in [1.165, 1.54) is 0 Å². The molecule has 3 N–H and O–H groups in total. The molecule has 0 unspecified atom stereocenters. The van der Waals surface area contributed by atoms with E-state index in [2.05, 4.69) is 23.7 Å². The predicted octanol–water partition coefficient (Wildman–Crippen LogP) is 4.69. The molecular weight excluding hydrogens is 352 g/mol. The highest BCUT2D eigenvalue weighted by Crippen LogP contribution is 2.33. The average molecular weight is 380 g/mol. The molecule has 5 heteroatoms. The lowest BCUT2D eigenvalue weighted by Gasteiger charge is -2.22. The number of rotatable bonds is 7. The minimum absolute atomic E-state index is 0.106. The number of phenolic OH excluding ortho intramolecular Hbond substituents is 1. The molecule has 0 fully saturated rings. The van der Waals surface area contributed by atoms with Crippen molar-refractivity contribution in [1.82, 2.24) is 9.88 Å². The third-order valence-corrected chi connectivity index (χ3v) is 4.98. The van der Waals surface area contributed by atoms with Crippen molar-refractivity contribution >= 4 is 11.8 Å². The highest BCUT2D eigenvalue weighted by atomic mass is 16.3. The van der Waals surface area contributed by atoms with Crippen molar-refractivity contribution in [2.24, 2.45) is 0 Å². The molecule has 2 aromatic rings. The van der Waals surface area contributed by atoms with Gasteiger partial charge in [-0.05, 0) is 56.1 Å². The summed E-state index contributed by atoms with van der Waals surface area (Å²) < 4.78 is 0. The van der Waals surface area contributed by atoms with Crippen LogP contribution < -0.4 is 5.56 Å². The standard InChI is InChI=1S/C23H28N2O3/c1-3-11-25(12-4-2)15-17-13-16(9-10-20(17)26)19-14-24-23(28)18-7-5-6-8-21(27)22(18)19/h5,7-10,13-14,26-27H,3-4,6,11-12,15H2,1-2H3,(H,24,28). The number of aliphatic hydroxyl groups excluding tert-OH is 1. The molecule has 0 spiro atoms. The zero-order chi connectivity index (χ0) is 20.1. The number of hydrogen-bond donors (Lipinski definition) is 3. The van der Waals surface area contributed by atoms with Gasteiger partial charge in [0.1, 0.15) is 11.5 Å². The first-order valence-electron chi connectivity index (χ1n) is 9.91. The molecule has 1 aliphatic carbocycles. The van der Waals surface area contributed by atoms with Crippen molar-refractivity contribution in [3.63, 3.8) is 0 Å². The molecule has 5 nitrogen and oxygen atoms in total. The second-order valence-corrected chi connectivity index (χ2v) is 7.17. The van der Waals surface area contributed by atoms with Crippen molar-refractivity contribution in [2.45, 2.75) is 39.7 Å². The Morgan fingerprint density at radius 3 is 2.61 bits per heavy atom. The van der Waals surface area contributed by atoms with E-state index in [0.29, 0.717) is 24.1 Å². The molecule has 0 saturated carbocycles. The Morgan fingerprint density at radius 1 is 1.14 bits per heavy atom. The summed E-state index contributed by atoms with van der Waals surface area (Å²) in [5, 5.41) is 20.9. The number of fused-ring (bicyclic) bond motifs is 1. The number of phenols is 1. The number of nitrogens with zero attached hydrogens (tertiary/aromatic N) is 1. The molecule has 0 aliphatic heterocycles. The number of allylic oxidation sites excluding steroid dienone is 2. The summed E-state index contributed by atoms with van der Waals surface area (Å²) in [5.41, 5.74) is 3.20. The highest BCUT2D eigenvalue weighted by Gasteiger charge is 2.18. The van der Waals surface area contributed by atoms with Gasteiger partial charge in [-0.25, -0.2) is 0 Å². The Labute approximate surface area is 165 Å². The smallest absolute Gasteiger partial charge is 0.255 e. The van der Waals surface area contributed by atoms with Gasteiger partial charge in [-0.2, -0.15) is 0 Å². The van der Waals surface area contributed by atoms with Crippen molar-refractivity contribution in [1.29, 1.82) is 0 Å². The van der Waals surface area contributed by atoms with Crippen LogP contribution in [0.3, 0.4) is 0 Å². The minimum Gasteiger partial charge on any atom is -0.508 e. The fraction of sp³-hybridized carbons (Fsp3) is 0.348. The SMILES string of the molecule is CCCN(CCC)Cc1cc(-c2c[nH]c(=O)c3c2C(O)=CCC=C3)ccc1O. The van der Waals surface area contributed by atoms with Crippen LogP contribution in [0.15, 0.2) is 41.3 Å². The van der Waals surface area contributed by atoms with Crippen LogP contribution in [0, 0.1) is 0 Å². The average Bonchev–Trinajstić information content (AvgIpc) is 2.87. The molecule has 0 saturated heterocycles. The molecular formula is C23H28N2O3. The van der Waals surface area contributed by atoms with Gasteiger partial charge in [0, 0.05) is 29.4 Å². The Morgan fingerprint density at radius 2 is 1.89 bits per heavy atom. The highest BCUT2D eigenvalue weighted by molar-refractivity contribution is 5.84. The first-order valence-corrected chi connectivity index (χ1v) is 9.91. The zero-order valence-electron chi connectivity index (χ0n) is 16.5. The Kier molecular flexibility index (Phi) is 6.37. The van der Waals surface area contributed by atoms with Crippen LogP contribution in [0.4, 0.5) is 0 Å². The van der Waals surface area contributed by atoms with E-state index in [1.54, 1.807) is 24.4 Å². The quantitative estimate of drug-likeness (QED) is 0.651. The zero-order valence-corrected chi connectivity index (χ0v) is 16.5. The van der Waals surface area contributed by atoms with E-state index >= 15 is 0 Å². The summed E-state index contributed by atoms with van der Waals surface area (Å²) >= 11 is 0. The molecule has 1 aliphatic rings. The summed E-state index contributed by atoms with van der Waals surface area (Å²) in [6.45, 7) is 6.91. The molecule has 1 aromatic heterocycles. The van der Waals surface area contributed by atoms with Gasteiger partial charge in [0.15, 0.2) is 0 Å². The number of aromatic amines is 1. The number of H-pyrrole nitrogens is 1. The summed E-state index contributed by atoms with van der Waals surface area (Å²) in [7, 11) is 0. The van der Waals surface area contributed by atoms with Crippen LogP contribution in [0.2, 0.25) is 0 Å². The van der Waals surface area contributed by atoms with Gasteiger partial charge in [-0.15, -0.1) is 0 Å². The van der Waals surface area contributed by atoms with E-state index in [0.717, 1.165) is 42.6 Å². The molecule has 3 rings (SSSR count). The van der Waals surface area contributed by atoms with Crippen LogP contribution in [-0.4, -0.2) is 33.2 Å². The fourth-order valence-electron chi connectivity index (χ4n) is 3.70. The van der Waals surface area contributed by atoms with Crippen LogP contribution >= 0.6 is 0 Å². The van der Waals surface area contributed by atoms with Crippen LogP contribution in [0.1, 0.15) is 49.8 Å². The first-order chi connectivity index (χ1) is 13.5. The van der Waals surface area contributed by atoms with Gasteiger partial charge >= 0.3 is 0 Å². The third-order valence-electron chi connectivity index (χ3n) is 4.98. The maximum Gasteiger partial charge on any atom is 0.255 e. The summed E-state index contributed by atoms with van der Waals surface area (Å²) in [5.74, 6) is 0.366. The van der Waals surface area contributed by atoms with Crippen molar-refractivity contribution in [3.8, 4) is 16.9 Å². The van der Waals surface area contributed by atoms with Gasteiger partial charge < -0.3 is 15.2 Å². The molecule has 28 heavy (non-hydrogen) atoms. The van der Waals surface area contributed by atoms with Gasteiger partial charge in [-0.3, -0.25) is 9.69 Å². The van der Waals surface area contributed by atoms with E-state index in [-0.39, 0.29) is 17.1 Å². The maximum atomic E-state index is 12.3. The summed E-state index contributed by atoms with van der Waals surface area (Å²) in [6.07, 6.45) is 9.63. The van der Waals surface area contributed by atoms with Crippen LogP contribution in [-0.2, 0) is 6.54 Å². The lowest BCUT2D eigenvalue weighted by Crippen LogP contribution is -2.24. The van der Waals surface area contributed by atoms with Crippen molar-refractivity contribution < 1.29 is 10.2 Å². The van der Waals surface area contributed by atoms with E-state index in [4.69, 9.17) is 0 Å². The van der Waals surface area contributed by atoms with Crippen LogP contribution in [0.5, 0.6) is 5.75 Å². The molecule has 0 amide bonds. The van der Waals surface area contributed by atoms with E-state index in [9.17, 15) is 15.0 Å². The van der Waals surface area contributed by atoms with Gasteiger partial charge in [0.05, 0.1) is 5.56 Å². The minimum atomic E-state index is -0.229. The number of benzene rings is 1. The topological polar surface area (TPSA) is 76.6 Å². The van der Waals surface area contributed by atoms with Gasteiger partial charge in [0.25, 0.3) is 5.56 Å². The lowest BCUT2D eigenvalue weighted by molar-refractivity contribution is 0.263. The second-order valence-electron chi connectivity index (χ2n) is 7.17.